The number of carbonyl (C=O) groups is 1. The maximum absolute atomic E-state index is 12.8. The molecule has 1 aliphatic rings. The molecule has 0 bridgehead atoms. The standard InChI is InChI=1S/C18H23ClN4O3S2/c1-3-22(4-2)28(25,26)23-11-9-21(10-12-23)18(24)16-13-27-17(20-16)14-5-7-15(19)8-6-14/h5-8,13H,3-4,9-12H2,1-2H3. The number of carbonyl (C=O) groups excluding carboxylic acids is 1. The van der Waals surface area contributed by atoms with Crippen LogP contribution in [0.1, 0.15) is 24.3 Å². The topological polar surface area (TPSA) is 73.8 Å². The predicted molar refractivity (Wildman–Crippen MR) is 112 cm³/mol. The molecule has 3 rings (SSSR count). The highest BCUT2D eigenvalue weighted by Gasteiger charge is 2.32. The van der Waals surface area contributed by atoms with Gasteiger partial charge in [0.05, 0.1) is 0 Å². The number of halogens is 1. The van der Waals surface area contributed by atoms with E-state index in [2.05, 4.69) is 4.98 Å². The molecule has 7 nitrogen and oxygen atoms in total. The third-order valence-electron chi connectivity index (χ3n) is 4.70. The van der Waals surface area contributed by atoms with Crippen LogP contribution in [0, 0.1) is 0 Å². The van der Waals surface area contributed by atoms with E-state index >= 15 is 0 Å². The summed E-state index contributed by atoms with van der Waals surface area (Å²) in [6.07, 6.45) is 0. The highest BCUT2D eigenvalue weighted by atomic mass is 35.5. The van der Waals surface area contributed by atoms with Crippen LogP contribution < -0.4 is 0 Å². The molecule has 2 heterocycles. The molecule has 0 radical (unpaired) electrons. The molecule has 1 saturated heterocycles. The van der Waals surface area contributed by atoms with Gasteiger partial charge in [0.15, 0.2) is 0 Å². The molecule has 0 aliphatic carbocycles. The summed E-state index contributed by atoms with van der Waals surface area (Å²) < 4.78 is 28.1. The minimum Gasteiger partial charge on any atom is -0.335 e. The van der Waals surface area contributed by atoms with Crippen LogP contribution >= 0.6 is 22.9 Å². The zero-order valence-corrected chi connectivity index (χ0v) is 18.2. The summed E-state index contributed by atoms with van der Waals surface area (Å²) in [5.74, 6) is -0.170. The monoisotopic (exact) mass is 442 g/mol. The Hall–Kier alpha value is -1.52. The Morgan fingerprint density at radius 3 is 2.32 bits per heavy atom. The summed E-state index contributed by atoms with van der Waals surface area (Å²) in [5.41, 5.74) is 1.29. The first kappa shape index (κ1) is 21.2. The van der Waals surface area contributed by atoms with E-state index in [-0.39, 0.29) is 5.91 Å². The highest BCUT2D eigenvalue weighted by Crippen LogP contribution is 2.26. The second-order valence-electron chi connectivity index (χ2n) is 6.33. The lowest BCUT2D eigenvalue weighted by Crippen LogP contribution is -2.54. The van der Waals surface area contributed by atoms with Crippen LogP contribution in [0.3, 0.4) is 0 Å². The molecule has 0 spiro atoms. The van der Waals surface area contributed by atoms with E-state index in [1.165, 1.54) is 19.9 Å². The Bertz CT molecular complexity index is 919. The minimum absolute atomic E-state index is 0.170. The van der Waals surface area contributed by atoms with E-state index in [0.29, 0.717) is 50.0 Å². The second kappa shape index (κ2) is 8.87. The van der Waals surface area contributed by atoms with Crippen LogP contribution in [0.4, 0.5) is 0 Å². The molecule has 1 aliphatic heterocycles. The maximum Gasteiger partial charge on any atom is 0.282 e. The summed E-state index contributed by atoms with van der Waals surface area (Å²) in [4.78, 5) is 18.9. The molecular weight excluding hydrogens is 420 g/mol. The van der Waals surface area contributed by atoms with Crippen molar-refractivity contribution < 1.29 is 13.2 Å². The fourth-order valence-electron chi connectivity index (χ4n) is 3.09. The molecule has 28 heavy (non-hydrogen) atoms. The Balaban J connectivity index is 1.65. The zero-order chi connectivity index (χ0) is 20.3. The highest BCUT2D eigenvalue weighted by molar-refractivity contribution is 7.86. The molecule has 152 valence electrons. The van der Waals surface area contributed by atoms with Gasteiger partial charge >= 0.3 is 0 Å². The number of hydrogen-bond donors (Lipinski definition) is 0. The smallest absolute Gasteiger partial charge is 0.282 e. The number of hydrogen-bond acceptors (Lipinski definition) is 5. The van der Waals surface area contributed by atoms with Gasteiger partial charge in [0.25, 0.3) is 16.1 Å². The summed E-state index contributed by atoms with van der Waals surface area (Å²) in [7, 11) is -3.47. The van der Waals surface area contributed by atoms with E-state index in [4.69, 9.17) is 11.6 Å². The number of nitrogens with zero attached hydrogens (tertiary/aromatic N) is 4. The lowest BCUT2D eigenvalue weighted by molar-refractivity contribution is 0.0689. The SMILES string of the molecule is CCN(CC)S(=O)(=O)N1CCN(C(=O)c2csc(-c3ccc(Cl)cc3)n2)CC1. The fraction of sp³-hybridized carbons (Fsp3) is 0.444. The van der Waals surface area contributed by atoms with Gasteiger partial charge < -0.3 is 4.90 Å². The van der Waals surface area contributed by atoms with Crippen LogP contribution in [0.15, 0.2) is 29.6 Å². The van der Waals surface area contributed by atoms with Crippen molar-refractivity contribution in [1.82, 2.24) is 18.5 Å². The first-order valence-corrected chi connectivity index (χ1v) is 11.8. The van der Waals surface area contributed by atoms with Crippen molar-refractivity contribution in [2.24, 2.45) is 0 Å². The van der Waals surface area contributed by atoms with Crippen molar-refractivity contribution in [1.29, 1.82) is 0 Å². The molecule has 1 amide bonds. The fourth-order valence-corrected chi connectivity index (χ4v) is 5.62. The van der Waals surface area contributed by atoms with Gasteiger partial charge in [-0.3, -0.25) is 4.79 Å². The number of aromatic nitrogens is 1. The van der Waals surface area contributed by atoms with E-state index in [1.807, 2.05) is 26.0 Å². The summed E-state index contributed by atoms with van der Waals surface area (Å²) >= 11 is 7.31. The zero-order valence-electron chi connectivity index (χ0n) is 15.8. The van der Waals surface area contributed by atoms with Gasteiger partial charge in [-0.2, -0.15) is 17.0 Å². The maximum atomic E-state index is 12.8. The van der Waals surface area contributed by atoms with Crippen LogP contribution in [-0.4, -0.2) is 72.1 Å². The molecule has 1 aromatic carbocycles. The summed E-state index contributed by atoms with van der Waals surface area (Å²) in [5, 5.41) is 3.14. The predicted octanol–water partition coefficient (Wildman–Crippen LogP) is 2.81. The van der Waals surface area contributed by atoms with Crippen molar-refractivity contribution in [3.63, 3.8) is 0 Å². The van der Waals surface area contributed by atoms with E-state index < -0.39 is 10.2 Å². The Morgan fingerprint density at radius 1 is 1.14 bits per heavy atom. The second-order valence-corrected chi connectivity index (χ2v) is 9.55. The van der Waals surface area contributed by atoms with E-state index in [0.717, 1.165) is 10.6 Å². The van der Waals surface area contributed by atoms with Crippen LogP contribution in [0.5, 0.6) is 0 Å². The molecule has 2 aromatic rings. The molecule has 0 saturated carbocycles. The number of piperazine rings is 1. The van der Waals surface area contributed by atoms with E-state index in [1.54, 1.807) is 22.4 Å². The Labute approximate surface area is 174 Å². The molecule has 0 unspecified atom stereocenters. The van der Waals surface area contributed by atoms with Crippen LogP contribution in [0.2, 0.25) is 5.02 Å². The lowest BCUT2D eigenvalue weighted by Gasteiger charge is -2.36. The average Bonchev–Trinajstić information content (AvgIpc) is 3.19. The van der Waals surface area contributed by atoms with Crippen LogP contribution in [-0.2, 0) is 10.2 Å². The number of rotatable bonds is 6. The molecule has 10 heteroatoms. The van der Waals surface area contributed by atoms with Gasteiger partial charge in [-0.15, -0.1) is 11.3 Å². The first-order valence-electron chi connectivity index (χ1n) is 9.12. The van der Waals surface area contributed by atoms with Crippen molar-refractivity contribution in [3.05, 3.63) is 40.4 Å². The van der Waals surface area contributed by atoms with Gasteiger partial charge in [0, 0.05) is 55.2 Å². The van der Waals surface area contributed by atoms with Gasteiger partial charge in [0.1, 0.15) is 10.7 Å². The number of amides is 1. The van der Waals surface area contributed by atoms with Crippen molar-refractivity contribution in [2.45, 2.75) is 13.8 Å². The normalized spacial score (nSPS) is 15.9. The van der Waals surface area contributed by atoms with Crippen molar-refractivity contribution in [2.75, 3.05) is 39.3 Å². The number of thiazole rings is 1. The molecule has 1 fully saturated rings. The minimum atomic E-state index is -3.47. The Morgan fingerprint density at radius 2 is 1.75 bits per heavy atom. The summed E-state index contributed by atoms with van der Waals surface area (Å²) in [6.45, 7) is 5.80. The third-order valence-corrected chi connectivity index (χ3v) is 8.03. The van der Waals surface area contributed by atoms with E-state index in [9.17, 15) is 13.2 Å². The van der Waals surface area contributed by atoms with Gasteiger partial charge in [-0.25, -0.2) is 4.98 Å². The van der Waals surface area contributed by atoms with Crippen molar-refractivity contribution in [3.8, 4) is 10.6 Å². The molecule has 0 N–H and O–H groups in total. The van der Waals surface area contributed by atoms with Gasteiger partial charge in [-0.1, -0.05) is 37.6 Å². The number of benzene rings is 1. The largest absolute Gasteiger partial charge is 0.335 e. The Kier molecular flexibility index (Phi) is 6.72. The first-order chi connectivity index (χ1) is 13.4. The third kappa shape index (κ3) is 4.38. The average molecular weight is 443 g/mol. The lowest BCUT2D eigenvalue weighted by atomic mass is 10.2. The molecular formula is C18H23ClN4O3S2. The molecule has 1 aromatic heterocycles. The van der Waals surface area contributed by atoms with Crippen LogP contribution in [0.25, 0.3) is 10.6 Å². The molecule has 0 atom stereocenters. The quantitative estimate of drug-likeness (QED) is 0.689. The van der Waals surface area contributed by atoms with Gasteiger partial charge in [0.2, 0.25) is 0 Å². The van der Waals surface area contributed by atoms with Crippen molar-refractivity contribution >= 4 is 39.1 Å². The summed E-state index contributed by atoms with van der Waals surface area (Å²) in [6, 6.07) is 7.31. The van der Waals surface area contributed by atoms with Gasteiger partial charge in [-0.05, 0) is 12.1 Å².